The summed E-state index contributed by atoms with van der Waals surface area (Å²) < 4.78 is 46.0. The zero-order valence-corrected chi connectivity index (χ0v) is 25.7. The number of halogens is 3. The first-order valence-corrected chi connectivity index (χ1v) is 15.4. The molecular formula is C33H33F3N6O6. The fraction of sp³-hybridized carbons (Fsp3) is 0.364. The highest BCUT2D eigenvalue weighted by atomic mass is 19.4. The van der Waals surface area contributed by atoms with Crippen molar-refractivity contribution in [3.05, 3.63) is 99.9 Å². The van der Waals surface area contributed by atoms with Gasteiger partial charge in [0.1, 0.15) is 11.9 Å². The molecule has 12 nitrogen and oxygen atoms in total. The first-order valence-electron chi connectivity index (χ1n) is 15.4. The highest BCUT2D eigenvalue weighted by Crippen LogP contribution is 2.44. The Morgan fingerprint density at radius 1 is 1.00 bits per heavy atom. The SMILES string of the molecule is O=C(O)[C@@H]1CCCN1c1ccc(C(=O)N2CCN(CC(O)(c3cn(Cc4ccccc4)c4cc([N+](=O)[O-])ccc34)C(F)(F)F)CC2)cn1. The van der Waals surface area contributed by atoms with Gasteiger partial charge in [0.2, 0.25) is 5.60 Å². The monoisotopic (exact) mass is 666 g/mol. The molecule has 2 aliphatic rings. The summed E-state index contributed by atoms with van der Waals surface area (Å²) in [6.07, 6.45) is -1.30. The standard InChI is InChI=1S/C33H33F3N6O6/c34-33(35,36)32(46,26-20-40(19-22-5-2-1-3-6-22)28-17-24(42(47)48)9-10-25(26)28)21-38-13-15-39(16-14-38)30(43)23-8-11-29(37-18-23)41-12-4-7-27(41)31(44)45/h1-3,5-6,8-11,17-18,20,27,46H,4,7,12-16,19,21H2,(H,44,45)/t27-,32?/m0/s1. The van der Waals surface area contributed by atoms with Gasteiger partial charge in [0.25, 0.3) is 11.6 Å². The van der Waals surface area contributed by atoms with Crippen molar-refractivity contribution in [2.45, 2.75) is 37.2 Å². The quantitative estimate of drug-likeness (QED) is 0.198. The number of pyridine rings is 1. The topological polar surface area (TPSA) is 145 Å². The number of carboxylic acid groups (broad SMARTS) is 1. The van der Waals surface area contributed by atoms with Crippen LogP contribution in [0.3, 0.4) is 0 Å². The number of aromatic nitrogens is 2. The third-order valence-corrected chi connectivity index (χ3v) is 9.13. The summed E-state index contributed by atoms with van der Waals surface area (Å²) in [7, 11) is 0. The van der Waals surface area contributed by atoms with Crippen molar-refractivity contribution in [2.75, 3.05) is 44.2 Å². The van der Waals surface area contributed by atoms with Crippen LogP contribution in [0.25, 0.3) is 10.9 Å². The van der Waals surface area contributed by atoms with E-state index in [1.54, 1.807) is 47.4 Å². The fourth-order valence-electron chi connectivity index (χ4n) is 6.56. The number of anilines is 1. The number of hydrogen-bond donors (Lipinski definition) is 2. The number of aliphatic carboxylic acids is 1. The summed E-state index contributed by atoms with van der Waals surface area (Å²) >= 11 is 0. The lowest BCUT2D eigenvalue weighted by atomic mass is 9.91. The summed E-state index contributed by atoms with van der Waals surface area (Å²) in [4.78, 5) is 44.6. The van der Waals surface area contributed by atoms with Gasteiger partial charge in [0.15, 0.2) is 0 Å². The van der Waals surface area contributed by atoms with Gasteiger partial charge in [-0.05, 0) is 36.6 Å². The number of alkyl halides is 3. The van der Waals surface area contributed by atoms with Crippen molar-refractivity contribution in [1.82, 2.24) is 19.4 Å². The molecule has 4 heterocycles. The van der Waals surface area contributed by atoms with E-state index in [0.717, 1.165) is 11.6 Å². The maximum atomic E-state index is 14.9. The largest absolute Gasteiger partial charge is 0.480 e. The second kappa shape index (κ2) is 12.9. The number of carboxylic acids is 1. The molecule has 0 saturated carbocycles. The van der Waals surface area contributed by atoms with Gasteiger partial charge in [-0.3, -0.25) is 19.8 Å². The predicted molar refractivity (Wildman–Crippen MR) is 169 cm³/mol. The molecule has 0 bridgehead atoms. The molecule has 1 unspecified atom stereocenters. The van der Waals surface area contributed by atoms with Crippen molar-refractivity contribution in [1.29, 1.82) is 0 Å². The van der Waals surface area contributed by atoms with Crippen molar-refractivity contribution in [3.8, 4) is 0 Å². The van der Waals surface area contributed by atoms with Crippen molar-refractivity contribution in [3.63, 3.8) is 0 Å². The third-order valence-electron chi connectivity index (χ3n) is 9.13. The van der Waals surface area contributed by atoms with E-state index in [1.807, 2.05) is 0 Å². The lowest BCUT2D eigenvalue weighted by Crippen LogP contribution is -2.56. The fourth-order valence-corrected chi connectivity index (χ4v) is 6.56. The molecule has 15 heteroatoms. The Balaban J connectivity index is 1.20. The Morgan fingerprint density at radius 2 is 1.73 bits per heavy atom. The van der Waals surface area contributed by atoms with Crippen LogP contribution in [0, 0.1) is 10.1 Å². The minimum Gasteiger partial charge on any atom is -0.480 e. The second-order valence-corrected chi connectivity index (χ2v) is 12.1. The van der Waals surface area contributed by atoms with Crippen molar-refractivity contribution in [2.24, 2.45) is 0 Å². The van der Waals surface area contributed by atoms with Crippen LogP contribution in [-0.2, 0) is 16.9 Å². The zero-order chi connectivity index (χ0) is 34.2. The highest BCUT2D eigenvalue weighted by Gasteiger charge is 2.57. The van der Waals surface area contributed by atoms with Gasteiger partial charge in [0, 0.05) is 81.3 Å². The van der Waals surface area contributed by atoms with Gasteiger partial charge in [-0.1, -0.05) is 30.3 Å². The number of benzene rings is 2. The van der Waals surface area contributed by atoms with E-state index in [1.165, 1.54) is 38.9 Å². The molecule has 2 aromatic heterocycles. The zero-order valence-electron chi connectivity index (χ0n) is 25.7. The number of nitrogens with zero attached hydrogens (tertiary/aromatic N) is 6. The number of piperazine rings is 1. The molecule has 6 rings (SSSR count). The lowest BCUT2D eigenvalue weighted by Gasteiger charge is -2.40. The molecule has 2 N–H and O–H groups in total. The van der Waals surface area contributed by atoms with Crippen LogP contribution in [0.2, 0.25) is 0 Å². The molecule has 4 aromatic rings. The average molecular weight is 667 g/mol. The molecule has 0 aliphatic carbocycles. The number of amides is 1. The number of nitro benzene ring substituents is 1. The Labute approximate surface area is 272 Å². The number of carbonyl (C=O) groups excluding carboxylic acids is 1. The second-order valence-electron chi connectivity index (χ2n) is 12.1. The first kappa shape index (κ1) is 32.9. The van der Waals surface area contributed by atoms with Crippen molar-refractivity contribution >= 4 is 34.3 Å². The Bertz CT molecular complexity index is 1830. The van der Waals surface area contributed by atoms with Gasteiger partial charge < -0.3 is 24.6 Å². The van der Waals surface area contributed by atoms with Crippen LogP contribution in [0.4, 0.5) is 24.7 Å². The maximum absolute atomic E-state index is 14.9. The minimum absolute atomic E-state index is 0.0460. The summed E-state index contributed by atoms with van der Waals surface area (Å²) in [5, 5.41) is 32.5. The van der Waals surface area contributed by atoms with Crippen LogP contribution in [0.15, 0.2) is 73.1 Å². The smallest absolute Gasteiger partial charge is 0.422 e. The molecule has 2 aliphatic heterocycles. The molecule has 2 aromatic carbocycles. The van der Waals surface area contributed by atoms with Gasteiger partial charge >= 0.3 is 12.1 Å². The number of nitro groups is 1. The van der Waals surface area contributed by atoms with Crippen LogP contribution >= 0.6 is 0 Å². The van der Waals surface area contributed by atoms with Crippen LogP contribution in [-0.4, -0.2) is 97.9 Å². The number of hydrogen-bond acceptors (Lipinski definition) is 8. The Hall–Kier alpha value is -5.02. The van der Waals surface area contributed by atoms with Gasteiger partial charge in [-0.25, -0.2) is 9.78 Å². The number of rotatable bonds is 9. The summed E-state index contributed by atoms with van der Waals surface area (Å²) in [5.41, 5.74) is -2.81. The van der Waals surface area contributed by atoms with E-state index < -0.39 is 40.8 Å². The van der Waals surface area contributed by atoms with E-state index in [4.69, 9.17) is 0 Å². The number of fused-ring (bicyclic) bond motifs is 1. The number of non-ortho nitro benzene ring substituents is 1. The molecule has 252 valence electrons. The first-order chi connectivity index (χ1) is 22.9. The summed E-state index contributed by atoms with van der Waals surface area (Å²) in [6.45, 7) is 0.165. The molecular weight excluding hydrogens is 633 g/mol. The molecule has 2 saturated heterocycles. The van der Waals surface area contributed by atoms with Crippen LogP contribution < -0.4 is 4.90 Å². The van der Waals surface area contributed by atoms with Crippen LogP contribution in [0.1, 0.15) is 34.3 Å². The Kier molecular flexibility index (Phi) is 8.83. The van der Waals surface area contributed by atoms with E-state index in [-0.39, 0.29) is 60.8 Å². The number of β-amino-alcohol motifs (C(OH)–C–C–N with tert-alkyl or cyclic N) is 1. The molecule has 0 radical (unpaired) electrons. The lowest BCUT2D eigenvalue weighted by molar-refractivity contribution is -0.384. The third kappa shape index (κ3) is 6.30. The normalized spacial score (nSPS) is 18.6. The van der Waals surface area contributed by atoms with Crippen molar-refractivity contribution < 1.29 is 37.9 Å². The molecule has 2 fully saturated rings. The molecule has 1 amide bonds. The average Bonchev–Trinajstić information content (AvgIpc) is 3.71. The minimum atomic E-state index is -5.10. The number of carbonyl (C=O) groups is 2. The molecule has 48 heavy (non-hydrogen) atoms. The maximum Gasteiger partial charge on any atom is 0.422 e. The van der Waals surface area contributed by atoms with Gasteiger partial charge in [-0.2, -0.15) is 13.2 Å². The summed E-state index contributed by atoms with van der Waals surface area (Å²) in [5.74, 6) is -0.847. The Morgan fingerprint density at radius 3 is 2.35 bits per heavy atom. The predicted octanol–water partition coefficient (Wildman–Crippen LogP) is 4.25. The highest BCUT2D eigenvalue weighted by molar-refractivity contribution is 5.94. The van der Waals surface area contributed by atoms with Gasteiger partial charge in [-0.15, -0.1) is 0 Å². The summed E-state index contributed by atoms with van der Waals surface area (Å²) in [6, 6.07) is 15.0. The molecule has 0 spiro atoms. The number of aliphatic hydroxyl groups is 1. The van der Waals surface area contributed by atoms with E-state index in [2.05, 4.69) is 4.98 Å². The molecule has 2 atom stereocenters. The van der Waals surface area contributed by atoms with E-state index >= 15 is 0 Å². The van der Waals surface area contributed by atoms with Gasteiger partial charge in [0.05, 0.1) is 16.0 Å². The van der Waals surface area contributed by atoms with E-state index in [9.17, 15) is 43.1 Å². The van der Waals surface area contributed by atoms with Crippen LogP contribution in [0.5, 0.6) is 0 Å². The van der Waals surface area contributed by atoms with E-state index in [0.29, 0.717) is 25.2 Å².